The van der Waals surface area contributed by atoms with Gasteiger partial charge in [0.15, 0.2) is 0 Å². The van der Waals surface area contributed by atoms with Crippen molar-refractivity contribution >= 4 is 11.6 Å². The highest BCUT2D eigenvalue weighted by Crippen LogP contribution is 2.13. The van der Waals surface area contributed by atoms with Crippen LogP contribution in [-0.4, -0.2) is 19.0 Å². The fourth-order valence-electron chi connectivity index (χ4n) is 1.40. The zero-order valence-corrected chi connectivity index (χ0v) is 10.3. The van der Waals surface area contributed by atoms with Crippen LogP contribution in [0, 0.1) is 13.8 Å². The van der Waals surface area contributed by atoms with Crippen molar-refractivity contribution in [2.75, 3.05) is 18.4 Å². The molecule has 0 saturated heterocycles. The summed E-state index contributed by atoms with van der Waals surface area (Å²) < 4.78 is 0. The van der Waals surface area contributed by atoms with Crippen molar-refractivity contribution in [3.05, 3.63) is 29.3 Å². The van der Waals surface area contributed by atoms with E-state index in [1.54, 1.807) is 0 Å². The van der Waals surface area contributed by atoms with E-state index in [4.69, 9.17) is 0 Å². The minimum Gasteiger partial charge on any atom is -0.325 e. The van der Waals surface area contributed by atoms with Crippen LogP contribution in [0.2, 0.25) is 0 Å². The Balaban J connectivity index is 2.46. The number of anilines is 1. The summed E-state index contributed by atoms with van der Waals surface area (Å²) >= 11 is 0. The van der Waals surface area contributed by atoms with Crippen LogP contribution in [0.1, 0.15) is 24.5 Å². The number of hydrogen-bond donors (Lipinski definition) is 2. The first-order chi connectivity index (χ1) is 7.63. The molecule has 88 valence electrons. The van der Waals surface area contributed by atoms with Crippen molar-refractivity contribution in [2.24, 2.45) is 0 Å². The molecule has 0 bridgehead atoms. The third-order valence-electron chi connectivity index (χ3n) is 2.50. The Morgan fingerprint density at radius 1 is 1.25 bits per heavy atom. The maximum atomic E-state index is 11.5. The standard InChI is InChI=1S/C13H20N2O/c1-4-7-14-9-13(16)15-12-6-5-10(2)11(3)8-12/h5-6,8,14H,4,7,9H2,1-3H3,(H,15,16). The molecule has 0 fully saturated rings. The summed E-state index contributed by atoms with van der Waals surface area (Å²) in [6.45, 7) is 7.43. The van der Waals surface area contributed by atoms with Gasteiger partial charge < -0.3 is 10.6 Å². The first kappa shape index (κ1) is 12.7. The van der Waals surface area contributed by atoms with E-state index < -0.39 is 0 Å². The monoisotopic (exact) mass is 220 g/mol. The quantitative estimate of drug-likeness (QED) is 0.747. The van der Waals surface area contributed by atoms with E-state index >= 15 is 0 Å². The molecule has 0 saturated carbocycles. The SMILES string of the molecule is CCCNCC(=O)Nc1ccc(C)c(C)c1. The van der Waals surface area contributed by atoms with Gasteiger partial charge in [0.05, 0.1) is 6.54 Å². The second kappa shape index (κ2) is 6.28. The number of carbonyl (C=O) groups is 1. The summed E-state index contributed by atoms with van der Waals surface area (Å²) in [7, 11) is 0. The summed E-state index contributed by atoms with van der Waals surface area (Å²) in [5.41, 5.74) is 3.30. The summed E-state index contributed by atoms with van der Waals surface area (Å²) in [6, 6.07) is 5.94. The van der Waals surface area contributed by atoms with E-state index in [1.165, 1.54) is 11.1 Å². The zero-order chi connectivity index (χ0) is 12.0. The van der Waals surface area contributed by atoms with E-state index in [0.29, 0.717) is 6.54 Å². The highest BCUT2D eigenvalue weighted by atomic mass is 16.1. The van der Waals surface area contributed by atoms with Crippen molar-refractivity contribution in [3.8, 4) is 0 Å². The number of hydrogen-bond acceptors (Lipinski definition) is 2. The third-order valence-corrected chi connectivity index (χ3v) is 2.50. The number of amides is 1. The van der Waals surface area contributed by atoms with Gasteiger partial charge in [-0.15, -0.1) is 0 Å². The van der Waals surface area contributed by atoms with E-state index in [9.17, 15) is 4.79 Å². The van der Waals surface area contributed by atoms with E-state index in [1.807, 2.05) is 25.1 Å². The number of aryl methyl sites for hydroxylation is 2. The minimum atomic E-state index is 0.0108. The van der Waals surface area contributed by atoms with Crippen LogP contribution in [0.5, 0.6) is 0 Å². The molecule has 1 rings (SSSR count). The van der Waals surface area contributed by atoms with Gasteiger partial charge in [0.1, 0.15) is 0 Å². The minimum absolute atomic E-state index is 0.0108. The van der Waals surface area contributed by atoms with Gasteiger partial charge in [-0.3, -0.25) is 4.79 Å². The predicted molar refractivity (Wildman–Crippen MR) is 67.7 cm³/mol. The molecule has 16 heavy (non-hydrogen) atoms. The summed E-state index contributed by atoms with van der Waals surface area (Å²) in [4.78, 5) is 11.5. The van der Waals surface area contributed by atoms with Crippen LogP contribution in [0.4, 0.5) is 5.69 Å². The lowest BCUT2D eigenvalue weighted by molar-refractivity contribution is -0.115. The summed E-state index contributed by atoms with van der Waals surface area (Å²) in [5, 5.41) is 5.94. The lowest BCUT2D eigenvalue weighted by Crippen LogP contribution is -2.28. The van der Waals surface area contributed by atoms with Crippen molar-refractivity contribution in [2.45, 2.75) is 27.2 Å². The molecule has 1 aromatic carbocycles. The third kappa shape index (κ3) is 4.03. The number of rotatable bonds is 5. The van der Waals surface area contributed by atoms with Crippen LogP contribution in [0.15, 0.2) is 18.2 Å². The maximum Gasteiger partial charge on any atom is 0.238 e. The molecule has 0 aromatic heterocycles. The van der Waals surface area contributed by atoms with Gasteiger partial charge >= 0.3 is 0 Å². The predicted octanol–water partition coefficient (Wildman–Crippen LogP) is 2.24. The molecule has 3 heteroatoms. The summed E-state index contributed by atoms with van der Waals surface area (Å²) in [6.07, 6.45) is 1.04. The topological polar surface area (TPSA) is 41.1 Å². The van der Waals surface area contributed by atoms with Crippen LogP contribution in [-0.2, 0) is 4.79 Å². The van der Waals surface area contributed by atoms with Crippen molar-refractivity contribution in [1.29, 1.82) is 0 Å². The average Bonchev–Trinajstić information content (AvgIpc) is 2.24. The van der Waals surface area contributed by atoms with Crippen LogP contribution in [0.3, 0.4) is 0 Å². The molecule has 0 spiro atoms. The molecule has 0 aliphatic heterocycles. The highest BCUT2D eigenvalue weighted by Gasteiger charge is 2.02. The Bertz CT molecular complexity index is 361. The Morgan fingerprint density at radius 2 is 2.00 bits per heavy atom. The lowest BCUT2D eigenvalue weighted by Gasteiger charge is -2.08. The summed E-state index contributed by atoms with van der Waals surface area (Å²) in [5.74, 6) is 0.0108. The first-order valence-electron chi connectivity index (χ1n) is 5.71. The maximum absolute atomic E-state index is 11.5. The molecular formula is C13H20N2O. The Hall–Kier alpha value is -1.35. The number of nitrogens with one attached hydrogen (secondary N) is 2. The largest absolute Gasteiger partial charge is 0.325 e. The second-order valence-electron chi connectivity index (χ2n) is 4.02. The molecule has 0 aliphatic rings. The molecule has 1 amide bonds. The molecule has 0 heterocycles. The lowest BCUT2D eigenvalue weighted by atomic mass is 10.1. The molecule has 3 nitrogen and oxygen atoms in total. The number of carbonyl (C=O) groups excluding carboxylic acids is 1. The Kier molecular flexibility index (Phi) is 4.99. The normalized spacial score (nSPS) is 10.2. The van der Waals surface area contributed by atoms with Gasteiger partial charge in [0.2, 0.25) is 5.91 Å². The molecule has 0 atom stereocenters. The molecule has 1 aromatic rings. The smallest absolute Gasteiger partial charge is 0.238 e. The van der Waals surface area contributed by atoms with E-state index in [2.05, 4.69) is 24.5 Å². The van der Waals surface area contributed by atoms with Crippen molar-refractivity contribution in [3.63, 3.8) is 0 Å². The molecule has 0 radical (unpaired) electrons. The molecule has 2 N–H and O–H groups in total. The van der Waals surface area contributed by atoms with Crippen LogP contribution < -0.4 is 10.6 Å². The zero-order valence-electron chi connectivity index (χ0n) is 10.3. The first-order valence-corrected chi connectivity index (χ1v) is 5.71. The van der Waals surface area contributed by atoms with E-state index in [0.717, 1.165) is 18.7 Å². The number of benzene rings is 1. The van der Waals surface area contributed by atoms with Gasteiger partial charge in [-0.2, -0.15) is 0 Å². The fourth-order valence-corrected chi connectivity index (χ4v) is 1.40. The van der Waals surface area contributed by atoms with Gasteiger partial charge in [0, 0.05) is 5.69 Å². The molecule has 0 aliphatic carbocycles. The van der Waals surface area contributed by atoms with Crippen molar-refractivity contribution < 1.29 is 4.79 Å². The fraction of sp³-hybridized carbons (Fsp3) is 0.462. The van der Waals surface area contributed by atoms with Gasteiger partial charge in [-0.05, 0) is 50.1 Å². The van der Waals surface area contributed by atoms with Crippen molar-refractivity contribution in [1.82, 2.24) is 5.32 Å². The van der Waals surface area contributed by atoms with Gasteiger partial charge in [-0.1, -0.05) is 13.0 Å². The Labute approximate surface area is 97.2 Å². The molecule has 0 unspecified atom stereocenters. The molecular weight excluding hydrogens is 200 g/mol. The highest BCUT2D eigenvalue weighted by molar-refractivity contribution is 5.92. The average molecular weight is 220 g/mol. The van der Waals surface area contributed by atoms with Gasteiger partial charge in [0.25, 0.3) is 0 Å². The Morgan fingerprint density at radius 3 is 2.62 bits per heavy atom. The second-order valence-corrected chi connectivity index (χ2v) is 4.02. The van der Waals surface area contributed by atoms with Crippen LogP contribution >= 0.6 is 0 Å². The van der Waals surface area contributed by atoms with Gasteiger partial charge in [-0.25, -0.2) is 0 Å². The van der Waals surface area contributed by atoms with Crippen LogP contribution in [0.25, 0.3) is 0 Å². The van der Waals surface area contributed by atoms with E-state index in [-0.39, 0.29) is 5.91 Å².